The van der Waals surface area contributed by atoms with E-state index in [1.807, 2.05) is 24.3 Å². The van der Waals surface area contributed by atoms with E-state index in [1.165, 1.54) is 9.13 Å². The van der Waals surface area contributed by atoms with Gasteiger partial charge in [0.05, 0.1) is 6.10 Å². The Morgan fingerprint density at radius 2 is 1.73 bits per heavy atom. The number of β-amino-alcohol motifs (C(OH)–C–C–N with tert-alkyl or cyclic N) is 2. The summed E-state index contributed by atoms with van der Waals surface area (Å²) in [5.41, 5.74) is 1.36. The van der Waals surface area contributed by atoms with Gasteiger partial charge in [0.2, 0.25) is 0 Å². The summed E-state index contributed by atoms with van der Waals surface area (Å²) >= 11 is 2.30. The Hall–Kier alpha value is -1.15. The van der Waals surface area contributed by atoms with E-state index in [2.05, 4.69) is 51.8 Å². The Morgan fingerprint density at radius 3 is 2.35 bits per heavy atom. The number of hydrogen-bond acceptors (Lipinski definition) is 4. The monoisotopic (exact) mass is 467 g/mol. The van der Waals surface area contributed by atoms with Crippen molar-refractivity contribution in [3.63, 3.8) is 0 Å². The van der Waals surface area contributed by atoms with Gasteiger partial charge in [-0.15, -0.1) is 0 Å². The molecule has 0 bridgehead atoms. The summed E-state index contributed by atoms with van der Waals surface area (Å²) in [6, 6.07) is 16.3. The summed E-state index contributed by atoms with van der Waals surface area (Å²) in [6.07, 6.45) is 1.54. The summed E-state index contributed by atoms with van der Waals surface area (Å²) < 4.78 is 7.03. The first-order chi connectivity index (χ1) is 12.4. The topological polar surface area (TPSA) is 52.9 Å². The molecule has 4 nitrogen and oxygen atoms in total. The van der Waals surface area contributed by atoms with Gasteiger partial charge in [-0.25, -0.2) is 0 Å². The Bertz CT molecular complexity index is 700. The van der Waals surface area contributed by atoms with Gasteiger partial charge in [0.25, 0.3) is 0 Å². The molecule has 2 aromatic carbocycles. The van der Waals surface area contributed by atoms with Crippen LogP contribution in [-0.4, -0.2) is 53.1 Å². The molecular weight excluding hydrogens is 441 g/mol. The van der Waals surface area contributed by atoms with Crippen molar-refractivity contribution >= 4 is 22.6 Å². The summed E-state index contributed by atoms with van der Waals surface area (Å²) in [4.78, 5) is 2.11. The van der Waals surface area contributed by atoms with Gasteiger partial charge in [-0.3, -0.25) is 4.90 Å². The number of aliphatic hydroxyl groups excluding tert-OH is 1. The van der Waals surface area contributed by atoms with Crippen LogP contribution >= 0.6 is 22.6 Å². The Kier molecular flexibility index (Phi) is 6.55. The molecule has 3 rings (SSSR count). The van der Waals surface area contributed by atoms with E-state index < -0.39 is 5.60 Å². The Labute approximate surface area is 168 Å². The molecule has 0 aromatic heterocycles. The smallest absolute Gasteiger partial charge is 0.119 e. The maximum atomic E-state index is 10.6. The van der Waals surface area contributed by atoms with Gasteiger partial charge in [-0.2, -0.15) is 0 Å². The van der Waals surface area contributed by atoms with Gasteiger partial charge < -0.3 is 14.9 Å². The molecule has 0 radical (unpaired) electrons. The second-order valence-corrected chi connectivity index (χ2v) is 8.59. The van der Waals surface area contributed by atoms with Crippen LogP contribution in [0.2, 0.25) is 0 Å². The molecule has 0 spiro atoms. The fourth-order valence-corrected chi connectivity index (χ4v) is 3.69. The summed E-state index contributed by atoms with van der Waals surface area (Å²) in [5, 5.41) is 20.4. The minimum Gasteiger partial charge on any atom is -0.491 e. The molecule has 0 saturated carbocycles. The quantitative estimate of drug-likeness (QED) is 0.639. The van der Waals surface area contributed by atoms with Gasteiger partial charge in [0, 0.05) is 16.7 Å². The minimum absolute atomic E-state index is 0.225. The predicted octanol–water partition coefficient (Wildman–Crippen LogP) is 3.54. The van der Waals surface area contributed by atoms with E-state index in [-0.39, 0.29) is 12.7 Å². The van der Waals surface area contributed by atoms with Gasteiger partial charge in [-0.05, 0) is 84.3 Å². The van der Waals surface area contributed by atoms with Crippen molar-refractivity contribution in [3.8, 4) is 16.9 Å². The number of aliphatic hydroxyl groups is 2. The normalized spacial score (nSPS) is 20.5. The molecule has 0 amide bonds. The molecule has 1 aliphatic heterocycles. The second kappa shape index (κ2) is 8.69. The molecule has 2 unspecified atom stereocenters. The van der Waals surface area contributed by atoms with Crippen molar-refractivity contribution in [1.82, 2.24) is 4.90 Å². The maximum Gasteiger partial charge on any atom is 0.119 e. The highest BCUT2D eigenvalue weighted by atomic mass is 127. The van der Waals surface area contributed by atoms with Gasteiger partial charge in [0.1, 0.15) is 18.0 Å². The van der Waals surface area contributed by atoms with Gasteiger partial charge >= 0.3 is 0 Å². The predicted molar refractivity (Wildman–Crippen MR) is 112 cm³/mol. The molecule has 0 aliphatic carbocycles. The summed E-state index contributed by atoms with van der Waals surface area (Å²) in [6.45, 7) is 4.06. The minimum atomic E-state index is -0.953. The van der Waals surface area contributed by atoms with E-state index in [9.17, 15) is 10.2 Å². The van der Waals surface area contributed by atoms with E-state index in [0.29, 0.717) is 13.1 Å². The fraction of sp³-hybridized carbons (Fsp3) is 0.429. The molecule has 2 N–H and O–H groups in total. The molecule has 5 heteroatoms. The van der Waals surface area contributed by atoms with Crippen molar-refractivity contribution in [3.05, 3.63) is 52.1 Å². The molecule has 1 heterocycles. The largest absolute Gasteiger partial charge is 0.491 e. The van der Waals surface area contributed by atoms with E-state index in [4.69, 9.17) is 4.74 Å². The van der Waals surface area contributed by atoms with Crippen molar-refractivity contribution in [2.75, 3.05) is 26.2 Å². The SMILES string of the molecule is CC(O)(COc1ccc(-c2ccc(I)cc2)cc1)CN1CCCC(O)C1. The third-order valence-corrected chi connectivity index (χ3v) is 5.35. The first-order valence-corrected chi connectivity index (χ1v) is 10.1. The van der Waals surface area contributed by atoms with E-state index >= 15 is 0 Å². The number of nitrogens with zero attached hydrogens (tertiary/aromatic N) is 1. The van der Waals surface area contributed by atoms with Crippen LogP contribution in [0.1, 0.15) is 19.8 Å². The van der Waals surface area contributed by atoms with Crippen LogP contribution in [-0.2, 0) is 0 Å². The zero-order valence-electron chi connectivity index (χ0n) is 15.1. The van der Waals surface area contributed by atoms with Crippen molar-refractivity contribution in [2.24, 2.45) is 0 Å². The molecule has 1 saturated heterocycles. The third-order valence-electron chi connectivity index (χ3n) is 4.63. The zero-order valence-corrected chi connectivity index (χ0v) is 17.2. The van der Waals surface area contributed by atoms with E-state index in [1.54, 1.807) is 6.92 Å². The molecule has 1 aliphatic rings. The molecule has 140 valence electrons. The molecular formula is C21H26INO3. The fourth-order valence-electron chi connectivity index (χ4n) is 3.33. The number of hydrogen-bond donors (Lipinski definition) is 2. The lowest BCUT2D eigenvalue weighted by molar-refractivity contribution is -0.0350. The van der Waals surface area contributed by atoms with Crippen molar-refractivity contribution in [1.29, 1.82) is 0 Å². The van der Waals surface area contributed by atoms with Crippen LogP contribution < -0.4 is 4.74 Å². The maximum absolute atomic E-state index is 10.6. The number of halogens is 1. The van der Waals surface area contributed by atoms with Crippen LogP contribution in [0.5, 0.6) is 5.75 Å². The van der Waals surface area contributed by atoms with Crippen LogP contribution in [0.4, 0.5) is 0 Å². The molecule has 26 heavy (non-hydrogen) atoms. The number of piperidine rings is 1. The number of ether oxygens (including phenoxy) is 1. The highest BCUT2D eigenvalue weighted by Crippen LogP contribution is 2.24. The average molecular weight is 467 g/mol. The van der Waals surface area contributed by atoms with Crippen molar-refractivity contribution < 1.29 is 14.9 Å². The van der Waals surface area contributed by atoms with Crippen LogP contribution in [0, 0.1) is 3.57 Å². The van der Waals surface area contributed by atoms with Crippen LogP contribution in [0.3, 0.4) is 0 Å². The average Bonchev–Trinajstić information content (AvgIpc) is 2.61. The molecule has 2 aromatic rings. The van der Waals surface area contributed by atoms with Crippen LogP contribution in [0.15, 0.2) is 48.5 Å². The molecule has 2 atom stereocenters. The lowest BCUT2D eigenvalue weighted by Crippen LogP contribution is -2.49. The third kappa shape index (κ3) is 5.67. The molecule has 1 fully saturated rings. The second-order valence-electron chi connectivity index (χ2n) is 7.35. The lowest BCUT2D eigenvalue weighted by atomic mass is 10.0. The first kappa shape index (κ1) is 19.6. The van der Waals surface area contributed by atoms with Crippen molar-refractivity contribution in [2.45, 2.75) is 31.5 Å². The number of likely N-dealkylation sites (tertiary alicyclic amines) is 1. The van der Waals surface area contributed by atoms with Gasteiger partial charge in [-0.1, -0.05) is 24.3 Å². The van der Waals surface area contributed by atoms with Gasteiger partial charge in [0.15, 0.2) is 0 Å². The summed E-state index contributed by atoms with van der Waals surface area (Å²) in [5.74, 6) is 0.748. The highest BCUT2D eigenvalue weighted by molar-refractivity contribution is 14.1. The zero-order chi connectivity index (χ0) is 18.6. The number of benzene rings is 2. The Balaban J connectivity index is 1.54. The van der Waals surface area contributed by atoms with Crippen LogP contribution in [0.25, 0.3) is 11.1 Å². The lowest BCUT2D eigenvalue weighted by Gasteiger charge is -2.35. The summed E-state index contributed by atoms with van der Waals surface area (Å²) in [7, 11) is 0. The first-order valence-electron chi connectivity index (χ1n) is 9.03. The highest BCUT2D eigenvalue weighted by Gasteiger charge is 2.28. The van der Waals surface area contributed by atoms with E-state index in [0.717, 1.165) is 30.7 Å². The Morgan fingerprint density at radius 1 is 1.12 bits per heavy atom. The number of rotatable bonds is 6. The standard InChI is InChI=1S/C21H26INO3/c1-21(25,14-23-12-2-3-19(24)13-23)15-26-20-10-6-17(7-11-20)16-4-8-18(22)9-5-16/h4-11,19,24-25H,2-3,12-15H2,1H3.